The molecule has 6 nitrogen and oxygen atoms in total. The minimum atomic E-state index is -0.649. The van der Waals surface area contributed by atoms with Gasteiger partial charge in [0.15, 0.2) is 0 Å². The van der Waals surface area contributed by atoms with Gasteiger partial charge < -0.3 is 11.1 Å². The molecule has 3 N–H and O–H groups in total. The number of nitrogens with zero attached hydrogens (tertiary/aromatic N) is 1. The maximum absolute atomic E-state index is 11.5. The van der Waals surface area contributed by atoms with Crippen LogP contribution in [0.25, 0.3) is 0 Å². The summed E-state index contributed by atoms with van der Waals surface area (Å²) >= 11 is 0. The molecule has 0 bridgehead atoms. The summed E-state index contributed by atoms with van der Waals surface area (Å²) in [7, 11) is 0. The van der Waals surface area contributed by atoms with E-state index in [0.29, 0.717) is 17.6 Å². The van der Waals surface area contributed by atoms with Crippen molar-refractivity contribution in [3.8, 4) is 0 Å². The van der Waals surface area contributed by atoms with E-state index < -0.39 is 10.8 Å². The molecule has 0 spiro atoms. The molecule has 2 unspecified atom stereocenters. The molecule has 1 aliphatic carbocycles. The van der Waals surface area contributed by atoms with Crippen LogP contribution >= 0.6 is 0 Å². The topological polar surface area (TPSA) is 98.3 Å². The minimum Gasteiger partial charge on any atom is -0.382 e. The first-order valence-electron chi connectivity index (χ1n) is 7.36. The summed E-state index contributed by atoms with van der Waals surface area (Å²) in [5.74, 6) is 0.0513. The van der Waals surface area contributed by atoms with Gasteiger partial charge in [0, 0.05) is 23.9 Å². The van der Waals surface area contributed by atoms with Crippen LogP contribution in [0.1, 0.15) is 49.4 Å². The molecule has 0 heterocycles. The van der Waals surface area contributed by atoms with Gasteiger partial charge in [-0.15, -0.1) is 0 Å². The Balaban J connectivity index is 2.19. The van der Waals surface area contributed by atoms with Crippen molar-refractivity contribution in [3.05, 3.63) is 33.9 Å². The molecule has 6 heteroatoms. The summed E-state index contributed by atoms with van der Waals surface area (Å²) in [4.78, 5) is 21.8. The highest BCUT2D eigenvalue weighted by Crippen LogP contribution is 2.30. The van der Waals surface area contributed by atoms with Crippen molar-refractivity contribution in [1.82, 2.24) is 0 Å². The van der Waals surface area contributed by atoms with E-state index in [1.54, 1.807) is 6.07 Å². The Morgan fingerprint density at radius 1 is 1.48 bits per heavy atom. The number of anilines is 1. The molecule has 1 fully saturated rings. The van der Waals surface area contributed by atoms with E-state index >= 15 is 0 Å². The van der Waals surface area contributed by atoms with Gasteiger partial charge in [-0.1, -0.05) is 26.2 Å². The number of carbonyl (C=O) groups excluding carboxylic acids is 1. The third kappa shape index (κ3) is 3.71. The molecule has 0 radical (unpaired) electrons. The second-order valence-corrected chi connectivity index (χ2v) is 5.63. The third-order valence-corrected chi connectivity index (χ3v) is 4.20. The van der Waals surface area contributed by atoms with Crippen LogP contribution in [0.2, 0.25) is 0 Å². The van der Waals surface area contributed by atoms with E-state index in [0.717, 1.165) is 25.7 Å². The maximum atomic E-state index is 11.5. The Bertz CT molecular complexity index is 545. The first kappa shape index (κ1) is 15.3. The molecule has 114 valence electrons. The Hall–Kier alpha value is -2.11. The van der Waals surface area contributed by atoms with Gasteiger partial charge >= 0.3 is 0 Å². The fraction of sp³-hybridized carbons (Fsp3) is 0.533. The average Bonchev–Trinajstić information content (AvgIpc) is 2.47. The van der Waals surface area contributed by atoms with Gasteiger partial charge in [-0.3, -0.25) is 14.9 Å². The number of hydrogen-bond acceptors (Lipinski definition) is 4. The van der Waals surface area contributed by atoms with Crippen LogP contribution in [-0.4, -0.2) is 16.9 Å². The van der Waals surface area contributed by atoms with E-state index in [-0.39, 0.29) is 11.3 Å². The molecule has 2 rings (SSSR count). The molecule has 1 aliphatic rings. The van der Waals surface area contributed by atoms with Gasteiger partial charge in [0.05, 0.1) is 10.5 Å². The van der Waals surface area contributed by atoms with Crippen molar-refractivity contribution in [1.29, 1.82) is 0 Å². The highest BCUT2D eigenvalue weighted by Gasteiger charge is 2.22. The van der Waals surface area contributed by atoms with Gasteiger partial charge in [-0.25, -0.2) is 0 Å². The van der Waals surface area contributed by atoms with Crippen molar-refractivity contribution >= 4 is 17.3 Å². The Kier molecular flexibility index (Phi) is 4.77. The number of nitro groups is 1. The van der Waals surface area contributed by atoms with Crippen molar-refractivity contribution in [2.75, 3.05) is 5.32 Å². The number of hydrogen-bond donors (Lipinski definition) is 2. The molecule has 2 atom stereocenters. The number of amides is 1. The summed E-state index contributed by atoms with van der Waals surface area (Å²) in [5.41, 5.74) is 6.00. The first-order chi connectivity index (χ1) is 10.0. The maximum Gasteiger partial charge on any atom is 0.270 e. The zero-order chi connectivity index (χ0) is 15.4. The second-order valence-electron chi connectivity index (χ2n) is 5.63. The van der Waals surface area contributed by atoms with Gasteiger partial charge in [-0.05, 0) is 24.8 Å². The number of nitro benzene ring substituents is 1. The summed E-state index contributed by atoms with van der Waals surface area (Å²) in [6, 6.07) is 4.51. The largest absolute Gasteiger partial charge is 0.382 e. The number of non-ortho nitro benzene ring substituents is 1. The Morgan fingerprint density at radius 2 is 2.24 bits per heavy atom. The van der Waals surface area contributed by atoms with E-state index in [1.165, 1.54) is 18.6 Å². The van der Waals surface area contributed by atoms with Crippen LogP contribution in [0.5, 0.6) is 0 Å². The number of nitrogens with two attached hydrogens (primary N) is 1. The lowest BCUT2D eigenvalue weighted by atomic mass is 9.84. The van der Waals surface area contributed by atoms with Crippen molar-refractivity contribution in [2.45, 2.75) is 45.1 Å². The van der Waals surface area contributed by atoms with Crippen LogP contribution in [0.4, 0.5) is 11.4 Å². The predicted molar refractivity (Wildman–Crippen MR) is 81.3 cm³/mol. The smallest absolute Gasteiger partial charge is 0.270 e. The van der Waals surface area contributed by atoms with Crippen molar-refractivity contribution < 1.29 is 9.72 Å². The quantitative estimate of drug-likeness (QED) is 0.643. The monoisotopic (exact) mass is 291 g/mol. The van der Waals surface area contributed by atoms with Crippen molar-refractivity contribution in [3.63, 3.8) is 0 Å². The lowest BCUT2D eigenvalue weighted by Gasteiger charge is -2.30. The van der Waals surface area contributed by atoms with Gasteiger partial charge in [0.2, 0.25) is 0 Å². The molecule has 21 heavy (non-hydrogen) atoms. The van der Waals surface area contributed by atoms with Gasteiger partial charge in [0.1, 0.15) is 0 Å². The molecule has 0 aromatic heterocycles. The number of benzene rings is 1. The van der Waals surface area contributed by atoms with Crippen LogP contribution in [0, 0.1) is 16.0 Å². The molecule has 1 saturated carbocycles. The zero-order valence-corrected chi connectivity index (χ0v) is 12.2. The number of rotatable bonds is 5. The first-order valence-corrected chi connectivity index (χ1v) is 7.36. The number of carbonyl (C=O) groups is 1. The SMILES string of the molecule is CCC1CCCC(Nc2ccc([N+](=O)[O-])cc2C(N)=O)C1. The van der Waals surface area contributed by atoms with E-state index in [2.05, 4.69) is 12.2 Å². The summed E-state index contributed by atoms with van der Waals surface area (Å²) in [6.07, 6.45) is 5.67. The molecule has 0 aliphatic heterocycles. The lowest BCUT2D eigenvalue weighted by molar-refractivity contribution is -0.384. The van der Waals surface area contributed by atoms with Crippen LogP contribution in [-0.2, 0) is 0 Å². The zero-order valence-electron chi connectivity index (χ0n) is 12.2. The molecule has 1 aromatic carbocycles. The highest BCUT2D eigenvalue weighted by atomic mass is 16.6. The average molecular weight is 291 g/mol. The molecule has 1 aromatic rings. The van der Waals surface area contributed by atoms with Crippen LogP contribution in [0.3, 0.4) is 0 Å². The Labute approximate surface area is 123 Å². The third-order valence-electron chi connectivity index (χ3n) is 4.20. The Morgan fingerprint density at radius 3 is 2.86 bits per heavy atom. The minimum absolute atomic E-state index is 0.121. The standard InChI is InChI=1S/C15H21N3O3/c1-2-10-4-3-5-11(8-10)17-14-7-6-12(18(20)21)9-13(14)15(16)19/h6-7,9-11,17H,2-5,8H2,1H3,(H2,16,19). The van der Waals surface area contributed by atoms with E-state index in [9.17, 15) is 14.9 Å². The number of primary amides is 1. The summed E-state index contributed by atoms with van der Waals surface area (Å²) in [5, 5.41) is 14.1. The van der Waals surface area contributed by atoms with Crippen LogP contribution < -0.4 is 11.1 Å². The number of nitrogens with one attached hydrogen (secondary N) is 1. The molecular weight excluding hydrogens is 270 g/mol. The molecule has 0 saturated heterocycles. The van der Waals surface area contributed by atoms with E-state index in [4.69, 9.17) is 5.73 Å². The van der Waals surface area contributed by atoms with Crippen molar-refractivity contribution in [2.24, 2.45) is 11.7 Å². The van der Waals surface area contributed by atoms with Gasteiger partial charge in [0.25, 0.3) is 11.6 Å². The fourth-order valence-corrected chi connectivity index (χ4v) is 2.99. The molecule has 1 amide bonds. The second kappa shape index (κ2) is 6.56. The van der Waals surface area contributed by atoms with Crippen LogP contribution in [0.15, 0.2) is 18.2 Å². The summed E-state index contributed by atoms with van der Waals surface area (Å²) < 4.78 is 0. The fourth-order valence-electron chi connectivity index (χ4n) is 2.99. The lowest BCUT2D eigenvalue weighted by Crippen LogP contribution is -2.28. The summed E-state index contributed by atoms with van der Waals surface area (Å²) in [6.45, 7) is 2.19. The molecular formula is C15H21N3O3. The van der Waals surface area contributed by atoms with E-state index in [1.807, 2.05) is 0 Å². The predicted octanol–water partition coefficient (Wildman–Crippen LogP) is 3.07. The van der Waals surface area contributed by atoms with Gasteiger partial charge in [-0.2, -0.15) is 0 Å². The highest BCUT2D eigenvalue weighted by molar-refractivity contribution is 5.99. The normalized spacial score (nSPS) is 21.8.